The molecule has 0 bridgehead atoms. The highest BCUT2D eigenvalue weighted by molar-refractivity contribution is 5.99. The third kappa shape index (κ3) is 3.30. The Morgan fingerprint density at radius 3 is 2.42 bits per heavy atom. The van der Waals surface area contributed by atoms with Gasteiger partial charge in [-0.2, -0.15) is 0 Å². The number of hydrogen-bond acceptors (Lipinski definition) is 4. The number of benzene rings is 1. The summed E-state index contributed by atoms with van der Waals surface area (Å²) in [5, 5.41) is 9.29. The van der Waals surface area contributed by atoms with E-state index in [0.717, 1.165) is 31.7 Å². The standard InChI is InChI=1S/C18H25N3O3/c1-2-15(18(23)24)19-10-12-20(13-11-19)16-8-9-21(17(16)22)14-6-4-3-5-7-14/h3-7,15-16H,2,8-13H2,1H3,(H,23,24). The zero-order chi connectivity index (χ0) is 17.1. The fourth-order valence-corrected chi connectivity index (χ4v) is 3.82. The molecule has 2 heterocycles. The van der Waals surface area contributed by atoms with Crippen LogP contribution in [-0.2, 0) is 9.59 Å². The van der Waals surface area contributed by atoms with E-state index in [-0.39, 0.29) is 11.9 Å². The third-order valence-corrected chi connectivity index (χ3v) is 5.15. The van der Waals surface area contributed by atoms with Gasteiger partial charge in [-0.15, -0.1) is 0 Å². The Kier molecular flexibility index (Phi) is 5.16. The van der Waals surface area contributed by atoms with Crippen molar-refractivity contribution in [3.05, 3.63) is 30.3 Å². The van der Waals surface area contributed by atoms with Crippen LogP contribution in [0.25, 0.3) is 0 Å². The minimum atomic E-state index is -0.752. The van der Waals surface area contributed by atoms with Crippen LogP contribution in [0.4, 0.5) is 5.69 Å². The fourth-order valence-electron chi connectivity index (χ4n) is 3.82. The molecule has 2 aliphatic heterocycles. The van der Waals surface area contributed by atoms with Crippen molar-refractivity contribution in [1.29, 1.82) is 0 Å². The second-order valence-corrected chi connectivity index (χ2v) is 6.46. The molecule has 1 N–H and O–H groups in total. The van der Waals surface area contributed by atoms with E-state index in [2.05, 4.69) is 4.90 Å². The third-order valence-electron chi connectivity index (χ3n) is 5.15. The van der Waals surface area contributed by atoms with Crippen LogP contribution in [0.1, 0.15) is 19.8 Å². The second-order valence-electron chi connectivity index (χ2n) is 6.46. The fraction of sp³-hybridized carbons (Fsp3) is 0.556. The van der Waals surface area contributed by atoms with Crippen LogP contribution in [-0.4, -0.2) is 71.6 Å². The van der Waals surface area contributed by atoms with Gasteiger partial charge in [-0.05, 0) is 25.0 Å². The van der Waals surface area contributed by atoms with Crippen molar-refractivity contribution >= 4 is 17.6 Å². The number of rotatable bonds is 5. The van der Waals surface area contributed by atoms with Crippen molar-refractivity contribution in [1.82, 2.24) is 9.80 Å². The highest BCUT2D eigenvalue weighted by Crippen LogP contribution is 2.25. The van der Waals surface area contributed by atoms with Gasteiger partial charge in [0.05, 0.1) is 6.04 Å². The van der Waals surface area contributed by atoms with Crippen molar-refractivity contribution < 1.29 is 14.7 Å². The van der Waals surface area contributed by atoms with Crippen molar-refractivity contribution in [2.75, 3.05) is 37.6 Å². The molecule has 0 aromatic heterocycles. The van der Waals surface area contributed by atoms with Gasteiger partial charge in [0, 0.05) is 38.4 Å². The predicted octanol–water partition coefficient (Wildman–Crippen LogP) is 1.27. The summed E-state index contributed by atoms with van der Waals surface area (Å²) in [4.78, 5) is 30.2. The number of hydrogen-bond donors (Lipinski definition) is 1. The van der Waals surface area contributed by atoms with Gasteiger partial charge < -0.3 is 10.0 Å². The van der Waals surface area contributed by atoms with Crippen LogP contribution in [0.5, 0.6) is 0 Å². The zero-order valence-electron chi connectivity index (χ0n) is 14.1. The number of aliphatic carboxylic acids is 1. The first-order chi connectivity index (χ1) is 11.6. The van der Waals surface area contributed by atoms with Crippen LogP contribution < -0.4 is 4.90 Å². The molecule has 0 radical (unpaired) electrons. The monoisotopic (exact) mass is 331 g/mol. The molecule has 24 heavy (non-hydrogen) atoms. The lowest BCUT2D eigenvalue weighted by Crippen LogP contribution is -2.56. The van der Waals surface area contributed by atoms with E-state index in [1.165, 1.54) is 0 Å². The number of para-hydroxylation sites is 1. The summed E-state index contributed by atoms with van der Waals surface area (Å²) < 4.78 is 0. The average molecular weight is 331 g/mol. The maximum atomic E-state index is 12.8. The SMILES string of the molecule is CCC(C(=O)O)N1CCN(C2CCN(c3ccccc3)C2=O)CC1. The minimum absolute atomic E-state index is 0.0720. The topological polar surface area (TPSA) is 64.1 Å². The Balaban J connectivity index is 1.59. The van der Waals surface area contributed by atoms with Gasteiger partial charge in [0.2, 0.25) is 5.91 Å². The van der Waals surface area contributed by atoms with Crippen LogP contribution in [0.2, 0.25) is 0 Å². The molecular weight excluding hydrogens is 306 g/mol. The molecule has 1 aromatic rings. The molecule has 6 nitrogen and oxygen atoms in total. The summed E-state index contributed by atoms with van der Waals surface area (Å²) in [7, 11) is 0. The number of carbonyl (C=O) groups is 2. The number of piperazine rings is 1. The highest BCUT2D eigenvalue weighted by Gasteiger charge is 2.38. The van der Waals surface area contributed by atoms with Crippen LogP contribution >= 0.6 is 0 Å². The Bertz CT molecular complexity index is 584. The van der Waals surface area contributed by atoms with Gasteiger partial charge in [-0.1, -0.05) is 25.1 Å². The van der Waals surface area contributed by atoms with Gasteiger partial charge >= 0.3 is 5.97 Å². The first-order valence-corrected chi connectivity index (χ1v) is 8.69. The molecule has 2 atom stereocenters. The van der Waals surface area contributed by atoms with Crippen LogP contribution in [0.15, 0.2) is 30.3 Å². The zero-order valence-corrected chi connectivity index (χ0v) is 14.1. The number of carboxylic acids is 1. The quantitative estimate of drug-likeness (QED) is 0.880. The van der Waals surface area contributed by atoms with Gasteiger partial charge in [0.15, 0.2) is 0 Å². The lowest BCUT2D eigenvalue weighted by molar-refractivity contribution is -0.144. The Morgan fingerprint density at radius 1 is 1.17 bits per heavy atom. The Hall–Kier alpha value is -1.92. The van der Waals surface area contributed by atoms with Crippen molar-refractivity contribution in [3.63, 3.8) is 0 Å². The van der Waals surface area contributed by atoms with Gasteiger partial charge in [-0.3, -0.25) is 19.4 Å². The lowest BCUT2D eigenvalue weighted by atomic mass is 10.1. The smallest absolute Gasteiger partial charge is 0.320 e. The summed E-state index contributed by atoms with van der Waals surface area (Å²) in [6.45, 7) is 5.58. The maximum Gasteiger partial charge on any atom is 0.320 e. The molecule has 3 rings (SSSR count). The number of nitrogens with zero attached hydrogens (tertiary/aromatic N) is 3. The Labute approximate surface area is 142 Å². The number of carboxylic acid groups (broad SMARTS) is 1. The van der Waals surface area contributed by atoms with E-state index in [1.807, 2.05) is 47.1 Å². The molecule has 2 saturated heterocycles. The largest absolute Gasteiger partial charge is 0.480 e. The normalized spacial score (nSPS) is 24.3. The molecule has 2 fully saturated rings. The van der Waals surface area contributed by atoms with E-state index < -0.39 is 12.0 Å². The summed E-state index contributed by atoms with van der Waals surface area (Å²) in [6, 6.07) is 9.31. The minimum Gasteiger partial charge on any atom is -0.480 e. The summed E-state index contributed by atoms with van der Waals surface area (Å²) in [5.41, 5.74) is 0.959. The van der Waals surface area contributed by atoms with Gasteiger partial charge in [0.1, 0.15) is 6.04 Å². The van der Waals surface area contributed by atoms with Crippen molar-refractivity contribution in [3.8, 4) is 0 Å². The lowest BCUT2D eigenvalue weighted by Gasteiger charge is -2.39. The first kappa shape index (κ1) is 16.9. The molecule has 6 heteroatoms. The molecule has 0 saturated carbocycles. The van der Waals surface area contributed by atoms with Crippen LogP contribution in [0.3, 0.4) is 0 Å². The van der Waals surface area contributed by atoms with Crippen molar-refractivity contribution in [2.45, 2.75) is 31.8 Å². The summed E-state index contributed by atoms with van der Waals surface area (Å²) >= 11 is 0. The van der Waals surface area contributed by atoms with E-state index in [1.54, 1.807) is 0 Å². The van der Waals surface area contributed by atoms with Crippen molar-refractivity contribution in [2.24, 2.45) is 0 Å². The van der Waals surface area contributed by atoms with E-state index in [4.69, 9.17) is 0 Å². The van der Waals surface area contributed by atoms with Gasteiger partial charge in [-0.25, -0.2) is 0 Å². The van der Waals surface area contributed by atoms with E-state index in [0.29, 0.717) is 19.5 Å². The van der Waals surface area contributed by atoms with E-state index >= 15 is 0 Å². The molecule has 1 amide bonds. The maximum absolute atomic E-state index is 12.8. The number of anilines is 1. The molecule has 130 valence electrons. The van der Waals surface area contributed by atoms with Crippen LogP contribution in [0, 0.1) is 0 Å². The summed E-state index contributed by atoms with van der Waals surface area (Å²) in [6.07, 6.45) is 1.45. The molecule has 2 unspecified atom stereocenters. The number of amides is 1. The predicted molar refractivity (Wildman–Crippen MR) is 92.1 cm³/mol. The average Bonchev–Trinajstić information content (AvgIpc) is 2.98. The molecule has 0 spiro atoms. The molecular formula is C18H25N3O3. The van der Waals surface area contributed by atoms with E-state index in [9.17, 15) is 14.7 Å². The first-order valence-electron chi connectivity index (χ1n) is 8.69. The number of carbonyl (C=O) groups excluding carboxylic acids is 1. The second kappa shape index (κ2) is 7.32. The highest BCUT2D eigenvalue weighted by atomic mass is 16.4. The molecule has 2 aliphatic rings. The molecule has 0 aliphatic carbocycles. The Morgan fingerprint density at radius 2 is 1.83 bits per heavy atom. The molecule has 1 aromatic carbocycles. The summed E-state index contributed by atoms with van der Waals surface area (Å²) in [5.74, 6) is -0.585. The van der Waals surface area contributed by atoms with Gasteiger partial charge in [0.25, 0.3) is 0 Å².